The zero-order valence-corrected chi connectivity index (χ0v) is 11.0. The van der Waals surface area contributed by atoms with E-state index in [0.717, 1.165) is 6.21 Å². The summed E-state index contributed by atoms with van der Waals surface area (Å²) < 4.78 is 0.151. The number of rotatable bonds is 2. The van der Waals surface area contributed by atoms with Gasteiger partial charge in [-0.15, -0.1) is 0 Å². The number of nitriles is 1. The number of H-pyrrole nitrogens is 1. The Morgan fingerprint density at radius 2 is 2.05 bits per heavy atom. The number of nitrogen functional groups attached to an aromatic ring is 1. The highest BCUT2D eigenvalue weighted by atomic mass is 32.1. The van der Waals surface area contributed by atoms with Gasteiger partial charge in [-0.25, -0.2) is 0 Å². The third-order valence-corrected chi connectivity index (χ3v) is 3.11. The smallest absolute Gasteiger partial charge is 0.158 e. The molecule has 0 spiro atoms. The van der Waals surface area contributed by atoms with Crippen LogP contribution in [0.5, 0.6) is 11.5 Å². The molecule has 0 amide bonds. The molecule has 0 aliphatic rings. The van der Waals surface area contributed by atoms with Crippen molar-refractivity contribution in [1.29, 1.82) is 10.7 Å². The molecule has 0 aliphatic carbocycles. The summed E-state index contributed by atoms with van der Waals surface area (Å²) in [6.07, 6.45) is 1.00. The van der Waals surface area contributed by atoms with E-state index in [4.69, 9.17) is 23.4 Å². The van der Waals surface area contributed by atoms with Gasteiger partial charge in [0.15, 0.2) is 11.5 Å². The maximum Gasteiger partial charge on any atom is 0.158 e. The molecule has 0 aliphatic heterocycles. The van der Waals surface area contributed by atoms with Crippen LogP contribution in [0, 0.1) is 21.4 Å². The summed E-state index contributed by atoms with van der Waals surface area (Å²) >= 11 is 5.05. The first-order valence-electron chi connectivity index (χ1n) is 5.48. The van der Waals surface area contributed by atoms with Gasteiger partial charge < -0.3 is 26.3 Å². The van der Waals surface area contributed by atoms with E-state index in [0.29, 0.717) is 16.7 Å². The van der Waals surface area contributed by atoms with Crippen LogP contribution >= 0.6 is 12.2 Å². The van der Waals surface area contributed by atoms with Crippen molar-refractivity contribution in [2.24, 2.45) is 0 Å². The molecule has 0 bridgehead atoms. The second kappa shape index (κ2) is 5.03. The first-order valence-corrected chi connectivity index (χ1v) is 5.89. The number of pyridine rings is 1. The summed E-state index contributed by atoms with van der Waals surface area (Å²) in [7, 11) is 0. The van der Waals surface area contributed by atoms with Crippen molar-refractivity contribution in [2.45, 2.75) is 0 Å². The fourth-order valence-corrected chi connectivity index (χ4v) is 2.13. The summed E-state index contributed by atoms with van der Waals surface area (Å²) in [6, 6.07) is 6.04. The Balaban J connectivity index is 2.91. The zero-order chi connectivity index (χ0) is 14.9. The van der Waals surface area contributed by atoms with E-state index in [2.05, 4.69) is 4.98 Å². The molecule has 100 valence electrons. The highest BCUT2D eigenvalue weighted by Gasteiger charge is 2.16. The number of aromatic hydroxyl groups is 2. The fourth-order valence-electron chi connectivity index (χ4n) is 1.87. The number of phenols is 2. The van der Waals surface area contributed by atoms with Crippen LogP contribution < -0.4 is 5.73 Å². The van der Waals surface area contributed by atoms with Gasteiger partial charge in [0.25, 0.3) is 0 Å². The number of nitrogens with zero attached hydrogens (tertiary/aromatic N) is 1. The first kappa shape index (κ1) is 13.6. The number of hydrogen-bond acceptors (Lipinski definition) is 6. The van der Waals surface area contributed by atoms with Gasteiger partial charge in [0, 0.05) is 17.3 Å². The Morgan fingerprint density at radius 1 is 1.35 bits per heavy atom. The topological polar surface area (TPSA) is 130 Å². The maximum absolute atomic E-state index is 9.57. The van der Waals surface area contributed by atoms with Crippen molar-refractivity contribution in [1.82, 2.24) is 4.98 Å². The molecule has 0 saturated heterocycles. The normalized spacial score (nSPS) is 9.95. The van der Waals surface area contributed by atoms with Crippen molar-refractivity contribution >= 4 is 24.3 Å². The van der Waals surface area contributed by atoms with Crippen LogP contribution in [0.4, 0.5) is 5.82 Å². The molecule has 0 saturated carbocycles. The van der Waals surface area contributed by atoms with E-state index in [1.54, 1.807) is 0 Å². The number of nitrogens with one attached hydrogen (secondary N) is 2. The minimum absolute atomic E-state index is 0.151. The molecular formula is C13H10N4O2S. The third-order valence-electron chi connectivity index (χ3n) is 2.81. The Morgan fingerprint density at radius 3 is 2.60 bits per heavy atom. The molecular weight excluding hydrogens is 276 g/mol. The van der Waals surface area contributed by atoms with Crippen molar-refractivity contribution in [3.63, 3.8) is 0 Å². The molecule has 0 unspecified atom stereocenters. The Hall–Kier alpha value is -2.85. The minimum Gasteiger partial charge on any atom is -0.504 e. The highest BCUT2D eigenvalue weighted by molar-refractivity contribution is 7.71. The van der Waals surface area contributed by atoms with Crippen LogP contribution in [0.2, 0.25) is 0 Å². The van der Waals surface area contributed by atoms with Crippen LogP contribution in [-0.4, -0.2) is 21.4 Å². The van der Waals surface area contributed by atoms with E-state index < -0.39 is 0 Å². The van der Waals surface area contributed by atoms with Crippen molar-refractivity contribution in [2.75, 3.05) is 5.73 Å². The average molecular weight is 286 g/mol. The number of hydrogen-bond donors (Lipinski definition) is 5. The van der Waals surface area contributed by atoms with Gasteiger partial charge in [-0.3, -0.25) is 0 Å². The number of anilines is 1. The third kappa shape index (κ3) is 2.08. The van der Waals surface area contributed by atoms with E-state index >= 15 is 0 Å². The summed E-state index contributed by atoms with van der Waals surface area (Å²) in [5.41, 5.74) is 6.99. The van der Waals surface area contributed by atoms with Crippen LogP contribution in [0.15, 0.2) is 18.2 Å². The maximum atomic E-state index is 9.57. The van der Waals surface area contributed by atoms with Crippen LogP contribution in [0.25, 0.3) is 11.1 Å². The molecule has 7 heteroatoms. The Bertz CT molecular complexity index is 805. The van der Waals surface area contributed by atoms with Crippen LogP contribution in [-0.2, 0) is 0 Å². The SMILES string of the molecule is N#Cc1c(-c2ccc(O)c(O)c2)c(C=N)c(N)[nH]c1=S. The van der Waals surface area contributed by atoms with Gasteiger partial charge in [-0.2, -0.15) is 5.26 Å². The predicted molar refractivity (Wildman–Crippen MR) is 77.4 cm³/mol. The lowest BCUT2D eigenvalue weighted by molar-refractivity contribution is 0.404. The molecule has 6 N–H and O–H groups in total. The lowest BCUT2D eigenvalue weighted by Gasteiger charge is -2.12. The largest absolute Gasteiger partial charge is 0.504 e. The number of nitrogens with two attached hydrogens (primary N) is 1. The van der Waals surface area contributed by atoms with Gasteiger partial charge in [0.1, 0.15) is 16.5 Å². The highest BCUT2D eigenvalue weighted by Crippen LogP contribution is 2.35. The molecule has 6 nitrogen and oxygen atoms in total. The summed E-state index contributed by atoms with van der Waals surface area (Å²) in [6.45, 7) is 0. The summed E-state index contributed by atoms with van der Waals surface area (Å²) in [5.74, 6) is -0.455. The van der Waals surface area contributed by atoms with Crippen molar-refractivity contribution in [3.8, 4) is 28.7 Å². The van der Waals surface area contributed by atoms with E-state index in [1.807, 2.05) is 6.07 Å². The number of aromatic amines is 1. The number of phenolic OH excluding ortho intramolecular Hbond substituents is 2. The van der Waals surface area contributed by atoms with Gasteiger partial charge in [0.2, 0.25) is 0 Å². The second-order valence-corrected chi connectivity index (χ2v) is 4.40. The van der Waals surface area contributed by atoms with E-state index in [1.165, 1.54) is 18.2 Å². The fraction of sp³-hybridized carbons (Fsp3) is 0. The molecule has 2 rings (SSSR count). The monoisotopic (exact) mass is 286 g/mol. The number of benzene rings is 1. The number of aromatic nitrogens is 1. The van der Waals surface area contributed by atoms with Crippen molar-refractivity contribution < 1.29 is 10.2 Å². The van der Waals surface area contributed by atoms with Gasteiger partial charge in [-0.05, 0) is 17.7 Å². The Kier molecular flexibility index (Phi) is 3.41. The lowest BCUT2D eigenvalue weighted by atomic mass is 9.96. The zero-order valence-electron chi connectivity index (χ0n) is 10.1. The molecule has 0 radical (unpaired) electrons. The molecule has 1 aromatic heterocycles. The van der Waals surface area contributed by atoms with Gasteiger partial charge in [-0.1, -0.05) is 18.3 Å². The molecule has 20 heavy (non-hydrogen) atoms. The van der Waals surface area contributed by atoms with E-state index in [9.17, 15) is 15.5 Å². The predicted octanol–water partition coefficient (Wildman–Crippen LogP) is 2.27. The second-order valence-electron chi connectivity index (χ2n) is 3.99. The lowest BCUT2D eigenvalue weighted by Crippen LogP contribution is -2.03. The molecule has 0 atom stereocenters. The van der Waals surface area contributed by atoms with Gasteiger partial charge >= 0.3 is 0 Å². The average Bonchev–Trinajstić information content (AvgIpc) is 2.41. The molecule has 1 aromatic carbocycles. The van der Waals surface area contributed by atoms with Crippen LogP contribution in [0.3, 0.4) is 0 Å². The molecule has 1 heterocycles. The minimum atomic E-state index is -0.334. The Labute approximate surface area is 119 Å². The van der Waals surface area contributed by atoms with Gasteiger partial charge in [0.05, 0.1) is 5.56 Å². The summed E-state index contributed by atoms with van der Waals surface area (Å²) in [4.78, 5) is 2.65. The van der Waals surface area contributed by atoms with Crippen molar-refractivity contribution in [3.05, 3.63) is 34.0 Å². The quantitative estimate of drug-likeness (QED) is 0.328. The first-order chi connectivity index (χ1) is 9.49. The van der Waals surface area contributed by atoms with E-state index in [-0.39, 0.29) is 27.5 Å². The summed E-state index contributed by atoms with van der Waals surface area (Å²) in [5, 5.41) is 35.6. The standard InChI is InChI=1S/C13H10N4O2S/c14-4-7-11(6-1-2-9(18)10(19)3-6)8(5-15)13(20)17-12(7)16/h1-4,14,18-19H,(H3,16,17,20). The van der Waals surface area contributed by atoms with Crippen LogP contribution in [0.1, 0.15) is 11.1 Å². The molecule has 0 fully saturated rings. The molecule has 2 aromatic rings.